The van der Waals surface area contributed by atoms with Crippen LogP contribution in [0.5, 0.6) is 0 Å². The summed E-state index contributed by atoms with van der Waals surface area (Å²) >= 11 is 0. The fourth-order valence-corrected chi connectivity index (χ4v) is 0.896. The van der Waals surface area contributed by atoms with Crippen molar-refractivity contribution < 1.29 is 0 Å². The van der Waals surface area contributed by atoms with Gasteiger partial charge in [0.2, 0.25) is 0 Å². The third kappa shape index (κ3) is 1.74. The molecule has 0 radical (unpaired) electrons. The van der Waals surface area contributed by atoms with Crippen molar-refractivity contribution in [1.29, 1.82) is 10.8 Å². The zero-order chi connectivity index (χ0) is 8.27. The summed E-state index contributed by atoms with van der Waals surface area (Å²) < 4.78 is 0. The second-order valence-corrected chi connectivity index (χ2v) is 2.43. The Morgan fingerprint density at radius 1 is 1.45 bits per heavy atom. The lowest BCUT2D eigenvalue weighted by molar-refractivity contribution is 1.43. The van der Waals surface area contributed by atoms with Gasteiger partial charge in [0.25, 0.3) is 0 Å². The molecule has 0 amide bonds. The Morgan fingerprint density at radius 3 is 2.73 bits per heavy atom. The molecule has 0 atom stereocenters. The number of nitrogens with one attached hydrogen (secondary N) is 2. The highest BCUT2D eigenvalue weighted by Crippen LogP contribution is 2.03. The van der Waals surface area contributed by atoms with Gasteiger partial charge in [-0.1, -0.05) is 23.8 Å². The van der Waals surface area contributed by atoms with Gasteiger partial charge in [0.1, 0.15) is 0 Å². The smallest absolute Gasteiger partial charge is 0.0787 e. The van der Waals surface area contributed by atoms with E-state index in [0.717, 1.165) is 17.3 Å². The van der Waals surface area contributed by atoms with Gasteiger partial charge in [0.05, 0.1) is 5.71 Å². The fourth-order valence-electron chi connectivity index (χ4n) is 0.896. The standard InChI is InChI=1S/C9H10N2/c1-7-3-2-4-8(5-7)9(11)6-10/h2-6,10-11H,1H3. The predicted molar refractivity (Wildman–Crippen MR) is 46.8 cm³/mol. The van der Waals surface area contributed by atoms with Gasteiger partial charge >= 0.3 is 0 Å². The summed E-state index contributed by atoms with van der Waals surface area (Å²) in [5, 5.41) is 14.2. The molecule has 2 N–H and O–H groups in total. The van der Waals surface area contributed by atoms with Crippen LogP contribution in [0.3, 0.4) is 0 Å². The van der Waals surface area contributed by atoms with Crippen molar-refractivity contribution in [1.82, 2.24) is 0 Å². The van der Waals surface area contributed by atoms with Crippen LogP contribution in [0.1, 0.15) is 11.1 Å². The molecule has 0 aromatic heterocycles. The van der Waals surface area contributed by atoms with Gasteiger partial charge in [-0.25, -0.2) is 0 Å². The van der Waals surface area contributed by atoms with E-state index in [4.69, 9.17) is 10.8 Å². The number of aryl methyl sites for hydroxylation is 1. The van der Waals surface area contributed by atoms with E-state index in [1.165, 1.54) is 0 Å². The first-order valence-corrected chi connectivity index (χ1v) is 3.40. The first kappa shape index (κ1) is 7.66. The van der Waals surface area contributed by atoms with Crippen molar-refractivity contribution in [2.75, 3.05) is 0 Å². The minimum absolute atomic E-state index is 0.258. The second kappa shape index (κ2) is 3.10. The van der Waals surface area contributed by atoms with Gasteiger partial charge < -0.3 is 5.41 Å². The third-order valence-electron chi connectivity index (χ3n) is 1.47. The lowest BCUT2D eigenvalue weighted by Gasteiger charge is -1.97. The fraction of sp³-hybridized carbons (Fsp3) is 0.111. The average molecular weight is 146 g/mol. The zero-order valence-electron chi connectivity index (χ0n) is 6.39. The molecule has 11 heavy (non-hydrogen) atoms. The Bertz CT molecular complexity index is 289. The number of benzene rings is 1. The lowest BCUT2D eigenvalue weighted by atomic mass is 10.1. The Morgan fingerprint density at radius 2 is 2.18 bits per heavy atom. The maximum absolute atomic E-state index is 7.33. The van der Waals surface area contributed by atoms with E-state index < -0.39 is 0 Å². The summed E-state index contributed by atoms with van der Waals surface area (Å²) in [5.74, 6) is 0. The first-order valence-electron chi connectivity index (χ1n) is 3.40. The molecule has 0 aliphatic carbocycles. The molecule has 0 spiro atoms. The van der Waals surface area contributed by atoms with E-state index in [9.17, 15) is 0 Å². The van der Waals surface area contributed by atoms with Crippen LogP contribution in [0, 0.1) is 17.7 Å². The Labute approximate surface area is 65.9 Å². The maximum Gasteiger partial charge on any atom is 0.0787 e. The summed E-state index contributed by atoms with van der Waals surface area (Å²) in [6, 6.07) is 7.59. The molecule has 0 aliphatic rings. The van der Waals surface area contributed by atoms with Gasteiger partial charge in [-0.15, -0.1) is 0 Å². The zero-order valence-corrected chi connectivity index (χ0v) is 6.39. The van der Waals surface area contributed by atoms with Crippen LogP contribution in [-0.2, 0) is 0 Å². The highest BCUT2D eigenvalue weighted by atomic mass is 14.5. The molecule has 0 heterocycles. The summed E-state index contributed by atoms with van der Waals surface area (Å²) in [6.07, 6.45) is 1.05. The predicted octanol–water partition coefficient (Wildman–Crippen LogP) is 2.01. The van der Waals surface area contributed by atoms with Crippen LogP contribution in [0.4, 0.5) is 0 Å². The van der Waals surface area contributed by atoms with Crippen molar-refractivity contribution in [3.8, 4) is 0 Å². The summed E-state index contributed by atoms with van der Waals surface area (Å²) in [4.78, 5) is 0. The molecular formula is C9H10N2. The highest BCUT2D eigenvalue weighted by molar-refractivity contribution is 6.35. The minimum atomic E-state index is 0.258. The number of hydrogen-bond acceptors (Lipinski definition) is 2. The van der Waals surface area contributed by atoms with E-state index in [0.29, 0.717) is 0 Å². The third-order valence-corrected chi connectivity index (χ3v) is 1.47. The molecule has 2 heteroatoms. The molecule has 0 aliphatic heterocycles. The summed E-state index contributed by atoms with van der Waals surface area (Å²) in [7, 11) is 0. The SMILES string of the molecule is Cc1cccc(C(=N)C=N)c1. The monoisotopic (exact) mass is 146 g/mol. The van der Waals surface area contributed by atoms with E-state index >= 15 is 0 Å². The first-order chi connectivity index (χ1) is 5.24. The van der Waals surface area contributed by atoms with Crippen LogP contribution in [-0.4, -0.2) is 11.9 Å². The lowest BCUT2D eigenvalue weighted by Crippen LogP contribution is -1.98. The van der Waals surface area contributed by atoms with E-state index in [2.05, 4.69) is 0 Å². The molecular weight excluding hydrogens is 136 g/mol. The molecule has 0 fully saturated rings. The molecule has 56 valence electrons. The van der Waals surface area contributed by atoms with Crippen molar-refractivity contribution >= 4 is 11.9 Å². The average Bonchev–Trinajstić information content (AvgIpc) is 2.03. The van der Waals surface area contributed by atoms with Crippen LogP contribution in [0.15, 0.2) is 24.3 Å². The molecule has 0 unspecified atom stereocenters. The van der Waals surface area contributed by atoms with Gasteiger partial charge in [-0.05, 0) is 13.0 Å². The van der Waals surface area contributed by atoms with Crippen molar-refractivity contribution in [2.24, 2.45) is 0 Å². The second-order valence-electron chi connectivity index (χ2n) is 2.43. The van der Waals surface area contributed by atoms with Crippen molar-refractivity contribution in [3.63, 3.8) is 0 Å². The minimum Gasteiger partial charge on any atom is -0.307 e. The van der Waals surface area contributed by atoms with Crippen LogP contribution >= 0.6 is 0 Å². The molecule has 0 bridgehead atoms. The molecule has 1 rings (SSSR count). The highest BCUT2D eigenvalue weighted by Gasteiger charge is 1.95. The molecule has 1 aromatic rings. The van der Waals surface area contributed by atoms with Crippen LogP contribution < -0.4 is 0 Å². The Hall–Kier alpha value is -1.44. The van der Waals surface area contributed by atoms with E-state index in [-0.39, 0.29) is 5.71 Å². The van der Waals surface area contributed by atoms with Crippen LogP contribution in [0.25, 0.3) is 0 Å². The Balaban J connectivity index is 3.05. The van der Waals surface area contributed by atoms with Gasteiger partial charge in [0, 0.05) is 11.8 Å². The molecule has 0 saturated heterocycles. The van der Waals surface area contributed by atoms with Crippen LogP contribution in [0.2, 0.25) is 0 Å². The number of hydrogen-bond donors (Lipinski definition) is 2. The van der Waals surface area contributed by atoms with E-state index in [1.807, 2.05) is 31.2 Å². The van der Waals surface area contributed by atoms with Crippen molar-refractivity contribution in [3.05, 3.63) is 35.4 Å². The van der Waals surface area contributed by atoms with Gasteiger partial charge in [-0.2, -0.15) is 0 Å². The topological polar surface area (TPSA) is 47.7 Å². The molecule has 0 saturated carbocycles. The number of rotatable bonds is 2. The maximum atomic E-state index is 7.33. The van der Waals surface area contributed by atoms with Gasteiger partial charge in [-0.3, -0.25) is 5.41 Å². The van der Waals surface area contributed by atoms with E-state index in [1.54, 1.807) is 0 Å². The summed E-state index contributed by atoms with van der Waals surface area (Å²) in [5.41, 5.74) is 2.18. The Kier molecular flexibility index (Phi) is 2.16. The van der Waals surface area contributed by atoms with Crippen molar-refractivity contribution in [2.45, 2.75) is 6.92 Å². The van der Waals surface area contributed by atoms with Gasteiger partial charge in [0.15, 0.2) is 0 Å². The molecule has 2 nitrogen and oxygen atoms in total. The molecule has 1 aromatic carbocycles. The normalized spacial score (nSPS) is 9.18. The quantitative estimate of drug-likeness (QED) is 0.600. The summed E-state index contributed by atoms with van der Waals surface area (Å²) in [6.45, 7) is 1.97. The largest absolute Gasteiger partial charge is 0.307 e.